The number of imidazole rings is 1. The average Bonchev–Trinajstić information content (AvgIpc) is 3.32. The van der Waals surface area contributed by atoms with Crippen LogP contribution in [0.2, 0.25) is 0 Å². The number of anilines is 1. The van der Waals surface area contributed by atoms with Gasteiger partial charge in [-0.05, 0) is 118 Å². The molecule has 272 valence electrons. The summed E-state index contributed by atoms with van der Waals surface area (Å²) in [7, 11) is 0. The summed E-state index contributed by atoms with van der Waals surface area (Å²) in [6, 6.07) is 17.3. The first kappa shape index (κ1) is 36.9. The van der Waals surface area contributed by atoms with E-state index in [0.29, 0.717) is 42.1 Å². The Morgan fingerprint density at radius 1 is 0.765 bits per heavy atom. The molecule has 1 aliphatic heterocycles. The molecule has 1 aliphatic rings. The summed E-state index contributed by atoms with van der Waals surface area (Å²) in [5.41, 5.74) is -2.11. The van der Waals surface area contributed by atoms with Gasteiger partial charge in [0.2, 0.25) is 0 Å². The highest BCUT2D eigenvalue weighted by atomic mass is 16.6. The van der Waals surface area contributed by atoms with E-state index in [1.165, 1.54) is 10.8 Å². The lowest BCUT2D eigenvalue weighted by Crippen LogP contribution is -2.45. The van der Waals surface area contributed by atoms with E-state index < -0.39 is 46.8 Å². The number of fused-ring (bicyclic) bond motifs is 1. The van der Waals surface area contributed by atoms with Crippen LogP contribution in [0.1, 0.15) is 81.2 Å². The lowest BCUT2D eigenvalue weighted by atomic mass is 10.1. The zero-order chi connectivity index (χ0) is 37.3. The van der Waals surface area contributed by atoms with Crippen molar-refractivity contribution in [3.8, 4) is 17.2 Å². The molecule has 3 amide bonds. The topological polar surface area (TPSA) is 134 Å². The summed E-state index contributed by atoms with van der Waals surface area (Å²) >= 11 is 0. The highest BCUT2D eigenvalue weighted by Gasteiger charge is 2.38. The Balaban J connectivity index is 1.70. The van der Waals surface area contributed by atoms with Crippen LogP contribution in [0.5, 0.6) is 11.5 Å². The maximum absolute atomic E-state index is 14.7. The summed E-state index contributed by atoms with van der Waals surface area (Å²) in [5, 5.41) is 0. The van der Waals surface area contributed by atoms with Crippen molar-refractivity contribution < 1.29 is 33.3 Å². The van der Waals surface area contributed by atoms with E-state index in [1.807, 2.05) is 30.3 Å². The van der Waals surface area contributed by atoms with Gasteiger partial charge in [-0.1, -0.05) is 18.2 Å². The van der Waals surface area contributed by atoms with Crippen LogP contribution >= 0.6 is 0 Å². The van der Waals surface area contributed by atoms with Gasteiger partial charge in [-0.25, -0.2) is 24.2 Å². The molecule has 0 bridgehead atoms. The number of nitrogens with zero attached hydrogens (tertiary/aromatic N) is 5. The van der Waals surface area contributed by atoms with E-state index in [0.717, 1.165) is 4.90 Å². The van der Waals surface area contributed by atoms with Gasteiger partial charge in [0.05, 0.1) is 17.2 Å². The largest absolute Gasteiger partial charge is 0.457 e. The molecule has 2 aromatic carbocycles. The van der Waals surface area contributed by atoms with Crippen molar-refractivity contribution in [2.75, 3.05) is 18.0 Å². The number of carbonyl (C=O) groups is 3. The van der Waals surface area contributed by atoms with Crippen LogP contribution in [0.25, 0.3) is 16.7 Å². The molecular weight excluding hydrogens is 654 g/mol. The Morgan fingerprint density at radius 3 is 1.90 bits per heavy atom. The van der Waals surface area contributed by atoms with Crippen molar-refractivity contribution in [3.63, 3.8) is 0 Å². The fourth-order valence-corrected chi connectivity index (χ4v) is 5.71. The van der Waals surface area contributed by atoms with Crippen LogP contribution in [0.3, 0.4) is 0 Å². The number of hydrogen-bond acceptors (Lipinski definition) is 9. The fourth-order valence-electron chi connectivity index (χ4n) is 5.71. The predicted octanol–water partition coefficient (Wildman–Crippen LogP) is 8.23. The molecular formula is C38H47N5O8. The first-order chi connectivity index (χ1) is 23.8. The van der Waals surface area contributed by atoms with E-state index >= 15 is 0 Å². The van der Waals surface area contributed by atoms with Crippen molar-refractivity contribution >= 4 is 35.1 Å². The van der Waals surface area contributed by atoms with Crippen LogP contribution < -0.4 is 15.3 Å². The maximum atomic E-state index is 14.7. The van der Waals surface area contributed by atoms with E-state index in [2.05, 4.69) is 4.98 Å². The Hall–Kier alpha value is -5.33. The van der Waals surface area contributed by atoms with Crippen LogP contribution in [-0.4, -0.2) is 67.2 Å². The maximum Gasteiger partial charge on any atom is 0.425 e. The quantitative estimate of drug-likeness (QED) is 0.189. The van der Waals surface area contributed by atoms with Crippen molar-refractivity contribution in [3.05, 3.63) is 77.3 Å². The molecule has 13 nitrogen and oxygen atoms in total. The third-order valence-corrected chi connectivity index (χ3v) is 7.62. The first-order valence-corrected chi connectivity index (χ1v) is 17.0. The SMILES string of the molecule is CC(C)(C)OC(=O)N1CCCC(n2c(=O)n(-c3ccc(Oc4ccccc4)cc3)c3c(N(C(=O)OC(C)(C)C)C(=O)OC(C)(C)C)nccc32)C1. The Bertz CT molecular complexity index is 1920. The van der Waals surface area contributed by atoms with E-state index in [1.54, 1.807) is 102 Å². The number of carbonyl (C=O) groups excluding carboxylic acids is 3. The summed E-state index contributed by atoms with van der Waals surface area (Å²) < 4.78 is 26.0. The number of aromatic nitrogens is 3. The Kier molecular flexibility index (Phi) is 10.2. The molecule has 1 unspecified atom stereocenters. The van der Waals surface area contributed by atoms with E-state index in [-0.39, 0.29) is 17.9 Å². The summed E-state index contributed by atoms with van der Waals surface area (Å²) in [4.78, 5) is 62.3. The Morgan fingerprint density at radius 2 is 1.33 bits per heavy atom. The smallest absolute Gasteiger partial charge is 0.425 e. The van der Waals surface area contributed by atoms with Crippen LogP contribution in [0.4, 0.5) is 20.2 Å². The molecule has 0 N–H and O–H groups in total. The third kappa shape index (κ3) is 8.89. The normalized spacial score (nSPS) is 15.3. The third-order valence-electron chi connectivity index (χ3n) is 7.62. The zero-order valence-corrected chi connectivity index (χ0v) is 30.8. The first-order valence-electron chi connectivity index (χ1n) is 17.0. The molecule has 0 spiro atoms. The highest BCUT2D eigenvalue weighted by Crippen LogP contribution is 2.33. The number of rotatable bonds is 5. The van der Waals surface area contributed by atoms with Crippen molar-refractivity contribution in [1.29, 1.82) is 0 Å². The Labute approximate surface area is 297 Å². The molecule has 4 aromatic rings. The van der Waals surface area contributed by atoms with Gasteiger partial charge in [-0.15, -0.1) is 0 Å². The number of imide groups is 1. The molecule has 0 saturated carbocycles. The van der Waals surface area contributed by atoms with Gasteiger partial charge < -0.3 is 23.8 Å². The second-order valence-corrected chi connectivity index (χ2v) is 15.4. The van der Waals surface area contributed by atoms with Crippen molar-refractivity contribution in [1.82, 2.24) is 19.0 Å². The minimum Gasteiger partial charge on any atom is -0.457 e. The van der Waals surface area contributed by atoms with Crippen molar-refractivity contribution in [2.24, 2.45) is 0 Å². The number of amides is 3. The molecule has 1 saturated heterocycles. The number of hydrogen-bond donors (Lipinski definition) is 0. The van der Waals surface area contributed by atoms with Crippen LogP contribution in [0.15, 0.2) is 71.7 Å². The number of likely N-dealkylation sites (tertiary alicyclic amines) is 1. The summed E-state index contributed by atoms with van der Waals surface area (Å²) in [6.45, 7) is 16.1. The zero-order valence-electron chi connectivity index (χ0n) is 30.8. The average molecular weight is 702 g/mol. The number of piperidine rings is 1. The van der Waals surface area contributed by atoms with Crippen molar-refractivity contribution in [2.45, 2.75) is 98.0 Å². The van der Waals surface area contributed by atoms with E-state index in [9.17, 15) is 19.2 Å². The molecule has 0 aliphatic carbocycles. The minimum absolute atomic E-state index is 0.156. The lowest BCUT2D eigenvalue weighted by Gasteiger charge is -2.34. The molecule has 0 radical (unpaired) electrons. The lowest BCUT2D eigenvalue weighted by molar-refractivity contribution is 0.0172. The van der Waals surface area contributed by atoms with Gasteiger partial charge in [-0.2, -0.15) is 4.90 Å². The second kappa shape index (κ2) is 14.1. The number of para-hydroxylation sites is 1. The highest BCUT2D eigenvalue weighted by molar-refractivity contribution is 6.13. The molecule has 13 heteroatoms. The van der Waals surface area contributed by atoms with Gasteiger partial charge in [0.25, 0.3) is 0 Å². The number of pyridine rings is 1. The van der Waals surface area contributed by atoms with E-state index in [4.69, 9.17) is 18.9 Å². The molecule has 1 fully saturated rings. The second-order valence-electron chi connectivity index (χ2n) is 15.4. The molecule has 51 heavy (non-hydrogen) atoms. The predicted molar refractivity (Wildman–Crippen MR) is 193 cm³/mol. The van der Waals surface area contributed by atoms with Gasteiger partial charge >= 0.3 is 24.0 Å². The van der Waals surface area contributed by atoms with Crippen LogP contribution in [0, 0.1) is 0 Å². The van der Waals surface area contributed by atoms with Crippen LogP contribution in [-0.2, 0) is 14.2 Å². The molecule has 3 heterocycles. The molecule has 2 aromatic heterocycles. The number of benzene rings is 2. The van der Waals surface area contributed by atoms with Gasteiger partial charge in [0.15, 0.2) is 5.82 Å². The number of ether oxygens (including phenoxy) is 4. The molecule has 5 rings (SSSR count). The van der Waals surface area contributed by atoms with Gasteiger partial charge in [0.1, 0.15) is 33.8 Å². The standard InChI is InChI=1S/C38H47N5O8/c1-36(2,3)49-33(45)40-23-13-14-26(24-40)41-29-21-22-39-31(43(34(46)50-37(4,5)6)35(47)51-38(7,8)9)30(29)42(32(41)44)25-17-19-28(20-18-25)48-27-15-11-10-12-16-27/h10-12,15-22,26H,13-14,23-24H2,1-9H3. The van der Waals surface area contributed by atoms with Gasteiger partial charge in [0, 0.05) is 19.3 Å². The summed E-state index contributed by atoms with van der Waals surface area (Å²) in [6.07, 6.45) is 0.107. The van der Waals surface area contributed by atoms with Gasteiger partial charge in [-0.3, -0.25) is 9.13 Å². The molecule has 1 atom stereocenters. The summed E-state index contributed by atoms with van der Waals surface area (Å²) in [5.74, 6) is 1.02. The minimum atomic E-state index is -1.02. The fraction of sp³-hybridized carbons (Fsp3) is 0.447. The monoisotopic (exact) mass is 701 g/mol.